The van der Waals surface area contributed by atoms with Gasteiger partial charge in [0.05, 0.1) is 7.11 Å². The summed E-state index contributed by atoms with van der Waals surface area (Å²) in [4.78, 5) is 14.6. The molecule has 4 nitrogen and oxygen atoms in total. The van der Waals surface area contributed by atoms with E-state index in [1.807, 2.05) is 0 Å². The lowest BCUT2D eigenvalue weighted by Crippen LogP contribution is -2.55. The van der Waals surface area contributed by atoms with Crippen molar-refractivity contribution < 1.29 is 9.53 Å². The number of likely N-dealkylation sites (N-methyl/N-ethyl adjacent to an activating group) is 1. The molecular weight excluding hydrogens is 240 g/mol. The van der Waals surface area contributed by atoms with Crippen molar-refractivity contribution in [3.8, 4) is 0 Å². The molecule has 0 aliphatic heterocycles. The van der Waals surface area contributed by atoms with Crippen LogP contribution in [0.3, 0.4) is 0 Å². The monoisotopic (exact) mass is 270 g/mol. The van der Waals surface area contributed by atoms with Gasteiger partial charge in [0.2, 0.25) is 0 Å². The van der Waals surface area contributed by atoms with Crippen LogP contribution >= 0.6 is 0 Å². The Labute approximate surface area is 117 Å². The molecule has 0 saturated heterocycles. The van der Waals surface area contributed by atoms with Gasteiger partial charge < -0.3 is 15.0 Å². The van der Waals surface area contributed by atoms with Gasteiger partial charge in [-0.2, -0.15) is 0 Å². The summed E-state index contributed by atoms with van der Waals surface area (Å²) < 4.78 is 5.06. The molecule has 0 spiro atoms. The first-order valence-corrected chi connectivity index (χ1v) is 7.51. The van der Waals surface area contributed by atoms with Crippen LogP contribution in [0.25, 0.3) is 0 Å². The molecule has 2 unspecified atom stereocenters. The zero-order valence-corrected chi connectivity index (χ0v) is 13.2. The van der Waals surface area contributed by atoms with Gasteiger partial charge in [0.15, 0.2) is 0 Å². The summed E-state index contributed by atoms with van der Waals surface area (Å²) in [6.45, 7) is 8.30. The highest BCUT2D eigenvalue weighted by Crippen LogP contribution is 2.39. The highest BCUT2D eigenvalue weighted by atomic mass is 16.5. The van der Waals surface area contributed by atoms with Crippen LogP contribution in [0, 0.1) is 5.92 Å². The van der Waals surface area contributed by atoms with E-state index in [0.29, 0.717) is 12.0 Å². The average molecular weight is 270 g/mol. The van der Waals surface area contributed by atoms with Crippen molar-refractivity contribution in [3.63, 3.8) is 0 Å². The Kier molecular flexibility index (Phi) is 6.27. The predicted octanol–water partition coefficient (Wildman–Crippen LogP) is 2.04. The summed E-state index contributed by atoms with van der Waals surface area (Å²) >= 11 is 0. The highest BCUT2D eigenvalue weighted by molar-refractivity contribution is 5.81. The third kappa shape index (κ3) is 3.69. The maximum Gasteiger partial charge on any atom is 0.326 e. The molecule has 1 fully saturated rings. The molecule has 0 radical (unpaired) electrons. The van der Waals surface area contributed by atoms with E-state index in [1.54, 1.807) is 0 Å². The molecule has 1 rings (SSSR count). The molecule has 1 N–H and O–H groups in total. The second-order valence-electron chi connectivity index (χ2n) is 5.95. The second-order valence-corrected chi connectivity index (χ2v) is 5.95. The smallest absolute Gasteiger partial charge is 0.326 e. The van der Waals surface area contributed by atoms with Crippen LogP contribution < -0.4 is 5.32 Å². The number of nitrogens with zero attached hydrogens (tertiary/aromatic N) is 1. The first kappa shape index (κ1) is 16.4. The van der Waals surface area contributed by atoms with Crippen molar-refractivity contribution >= 4 is 5.97 Å². The number of carbonyl (C=O) groups is 1. The van der Waals surface area contributed by atoms with Crippen molar-refractivity contribution in [2.45, 2.75) is 58.0 Å². The van der Waals surface area contributed by atoms with E-state index in [2.05, 4.69) is 38.0 Å². The fourth-order valence-corrected chi connectivity index (χ4v) is 3.16. The van der Waals surface area contributed by atoms with Crippen LogP contribution in [0.2, 0.25) is 0 Å². The van der Waals surface area contributed by atoms with Gasteiger partial charge in [-0.15, -0.1) is 0 Å². The molecule has 19 heavy (non-hydrogen) atoms. The Morgan fingerprint density at radius 2 is 2.21 bits per heavy atom. The van der Waals surface area contributed by atoms with E-state index < -0.39 is 5.54 Å². The summed E-state index contributed by atoms with van der Waals surface area (Å²) in [6.07, 6.45) is 4.19. The van der Waals surface area contributed by atoms with E-state index in [4.69, 9.17) is 4.74 Å². The van der Waals surface area contributed by atoms with E-state index in [1.165, 1.54) is 7.11 Å². The molecule has 1 aliphatic carbocycles. The quantitative estimate of drug-likeness (QED) is 0.719. The van der Waals surface area contributed by atoms with Gasteiger partial charge in [0, 0.05) is 6.04 Å². The van der Waals surface area contributed by atoms with Crippen molar-refractivity contribution in [3.05, 3.63) is 0 Å². The molecule has 0 aromatic rings. The molecule has 0 amide bonds. The predicted molar refractivity (Wildman–Crippen MR) is 78.1 cm³/mol. The van der Waals surface area contributed by atoms with Gasteiger partial charge in [-0.3, -0.25) is 4.79 Å². The molecule has 0 aromatic carbocycles. The second kappa shape index (κ2) is 7.25. The van der Waals surface area contributed by atoms with Gasteiger partial charge in [0.1, 0.15) is 5.54 Å². The van der Waals surface area contributed by atoms with Gasteiger partial charge in [-0.1, -0.05) is 13.3 Å². The molecule has 0 heterocycles. The summed E-state index contributed by atoms with van der Waals surface area (Å²) in [6, 6.07) is 0.549. The van der Waals surface area contributed by atoms with Crippen LogP contribution in [0.4, 0.5) is 0 Å². The summed E-state index contributed by atoms with van der Waals surface area (Å²) in [5.41, 5.74) is -0.443. The molecular formula is C15H30N2O2. The molecule has 112 valence electrons. The van der Waals surface area contributed by atoms with E-state index in [-0.39, 0.29) is 5.97 Å². The Morgan fingerprint density at radius 3 is 2.74 bits per heavy atom. The summed E-state index contributed by atoms with van der Waals surface area (Å²) in [7, 11) is 3.64. The minimum Gasteiger partial charge on any atom is -0.468 e. The number of hydrogen-bond acceptors (Lipinski definition) is 4. The topological polar surface area (TPSA) is 41.6 Å². The number of carbonyl (C=O) groups excluding carboxylic acids is 1. The van der Waals surface area contributed by atoms with Crippen molar-refractivity contribution in [1.82, 2.24) is 10.2 Å². The van der Waals surface area contributed by atoms with Crippen LogP contribution in [0.1, 0.15) is 46.5 Å². The van der Waals surface area contributed by atoms with E-state index in [9.17, 15) is 4.79 Å². The standard InChI is InChI=1S/C15H30N2O2/c1-6-16-15(14(18)19-5)10-7-8-13(15)9-11-17(4)12(2)3/h12-13,16H,6-11H2,1-5H3. The molecule has 1 aliphatic rings. The van der Waals surface area contributed by atoms with Gasteiger partial charge in [-0.05, 0) is 59.2 Å². The first-order valence-electron chi connectivity index (χ1n) is 7.51. The fraction of sp³-hybridized carbons (Fsp3) is 0.933. The maximum absolute atomic E-state index is 12.2. The molecule has 0 bridgehead atoms. The SMILES string of the molecule is CCNC1(C(=O)OC)CCCC1CCN(C)C(C)C. The molecule has 1 saturated carbocycles. The Morgan fingerprint density at radius 1 is 1.53 bits per heavy atom. The molecule has 2 atom stereocenters. The van der Waals surface area contributed by atoms with Crippen molar-refractivity contribution in [2.24, 2.45) is 5.92 Å². The zero-order chi connectivity index (χ0) is 14.5. The lowest BCUT2D eigenvalue weighted by Gasteiger charge is -2.35. The van der Waals surface area contributed by atoms with Crippen LogP contribution in [-0.4, -0.2) is 49.7 Å². The summed E-state index contributed by atoms with van der Waals surface area (Å²) in [5.74, 6) is 0.310. The zero-order valence-electron chi connectivity index (χ0n) is 13.2. The first-order chi connectivity index (χ1) is 8.97. The minimum absolute atomic E-state index is 0.0796. The van der Waals surface area contributed by atoms with E-state index in [0.717, 1.165) is 38.8 Å². The number of rotatable bonds is 7. The lowest BCUT2D eigenvalue weighted by molar-refractivity contribution is -0.150. The Balaban J connectivity index is 2.71. The number of nitrogens with one attached hydrogen (secondary N) is 1. The number of hydrogen-bond donors (Lipinski definition) is 1. The van der Waals surface area contributed by atoms with Crippen molar-refractivity contribution in [1.29, 1.82) is 0 Å². The minimum atomic E-state index is -0.443. The average Bonchev–Trinajstić information content (AvgIpc) is 2.79. The number of esters is 1. The number of ether oxygens (including phenoxy) is 1. The van der Waals surface area contributed by atoms with Crippen LogP contribution in [0.15, 0.2) is 0 Å². The third-order valence-corrected chi connectivity index (χ3v) is 4.57. The normalized spacial score (nSPS) is 27.2. The number of methoxy groups -OCH3 is 1. The molecule has 0 aromatic heterocycles. The summed E-state index contributed by atoms with van der Waals surface area (Å²) in [5, 5.41) is 3.42. The third-order valence-electron chi connectivity index (χ3n) is 4.57. The fourth-order valence-electron chi connectivity index (χ4n) is 3.16. The van der Waals surface area contributed by atoms with Gasteiger partial charge in [0.25, 0.3) is 0 Å². The van der Waals surface area contributed by atoms with Gasteiger partial charge >= 0.3 is 5.97 Å². The van der Waals surface area contributed by atoms with Crippen LogP contribution in [0.5, 0.6) is 0 Å². The largest absolute Gasteiger partial charge is 0.468 e. The Hall–Kier alpha value is -0.610. The van der Waals surface area contributed by atoms with Crippen molar-refractivity contribution in [2.75, 3.05) is 27.2 Å². The molecule has 4 heteroatoms. The van der Waals surface area contributed by atoms with Crippen LogP contribution in [-0.2, 0) is 9.53 Å². The lowest BCUT2D eigenvalue weighted by atomic mass is 9.84. The Bertz CT molecular complexity index is 294. The maximum atomic E-state index is 12.2. The highest BCUT2D eigenvalue weighted by Gasteiger charge is 2.48. The van der Waals surface area contributed by atoms with E-state index >= 15 is 0 Å². The van der Waals surface area contributed by atoms with Gasteiger partial charge in [-0.25, -0.2) is 0 Å².